The first-order valence-electron chi connectivity index (χ1n) is 11.5. The summed E-state index contributed by atoms with van der Waals surface area (Å²) in [6.07, 6.45) is 4.00. The molecule has 5 rings (SSSR count). The van der Waals surface area contributed by atoms with Crippen LogP contribution in [0.15, 0.2) is 35.7 Å². The van der Waals surface area contributed by atoms with Crippen LogP contribution in [0, 0.1) is 17.6 Å². The first kappa shape index (κ1) is 24.8. The van der Waals surface area contributed by atoms with Gasteiger partial charge in [-0.3, -0.25) is 4.99 Å². The van der Waals surface area contributed by atoms with E-state index in [4.69, 9.17) is 19.9 Å². The topological polar surface area (TPSA) is 105 Å². The number of amidine groups is 1. The summed E-state index contributed by atoms with van der Waals surface area (Å²) in [4.78, 5) is 17.7. The molecule has 36 heavy (non-hydrogen) atoms. The van der Waals surface area contributed by atoms with Crippen molar-refractivity contribution in [3.8, 4) is 5.75 Å². The lowest BCUT2D eigenvalue weighted by atomic mass is 9.84. The second kappa shape index (κ2) is 9.53. The first-order valence-corrected chi connectivity index (χ1v) is 12.3. The standard InChI is InChI=1S/C25H27F2N5O3S/c1-24(20-10-25(20,12-34-3)36-23(28)32-24)16-6-14(7-17(26)21(16)27)8-18-22-19(31-13-30-18)9-15(11-29-22)35-5-4-33-2/h6-7,9,11,13,20H,4-5,8,10,12H2,1-3H3,(H2,28,32)/t20-,24+,25+/m0/s1. The molecule has 0 bridgehead atoms. The van der Waals surface area contributed by atoms with Gasteiger partial charge < -0.3 is 19.9 Å². The number of nitrogens with two attached hydrogens (primary N) is 1. The Morgan fingerprint density at radius 3 is 2.72 bits per heavy atom. The fourth-order valence-corrected chi connectivity index (χ4v) is 6.52. The number of benzene rings is 1. The second-order valence-electron chi connectivity index (χ2n) is 9.27. The maximum Gasteiger partial charge on any atom is 0.164 e. The van der Waals surface area contributed by atoms with E-state index in [1.54, 1.807) is 32.5 Å². The van der Waals surface area contributed by atoms with Gasteiger partial charge >= 0.3 is 0 Å². The lowest BCUT2D eigenvalue weighted by Crippen LogP contribution is -2.38. The van der Waals surface area contributed by atoms with Gasteiger partial charge in [0.2, 0.25) is 0 Å². The van der Waals surface area contributed by atoms with Crippen LogP contribution in [0.2, 0.25) is 0 Å². The number of thioether (sulfide) groups is 1. The van der Waals surface area contributed by atoms with Gasteiger partial charge in [0, 0.05) is 38.2 Å². The minimum Gasteiger partial charge on any atom is -0.489 e. The SMILES string of the molecule is COCCOc1cnc2c(Cc3cc(F)c(F)c([C@@]4(C)N=C(N)S[C@@]5(COC)C[C@H]54)c3)ncnc2c1. The zero-order valence-corrected chi connectivity index (χ0v) is 21.1. The molecule has 190 valence electrons. The van der Waals surface area contributed by atoms with Crippen LogP contribution in [0.5, 0.6) is 5.75 Å². The van der Waals surface area contributed by atoms with Crippen LogP contribution in [0.1, 0.15) is 30.2 Å². The predicted molar refractivity (Wildman–Crippen MR) is 133 cm³/mol. The van der Waals surface area contributed by atoms with E-state index < -0.39 is 17.2 Å². The lowest BCUT2D eigenvalue weighted by molar-refractivity contribution is 0.146. The van der Waals surface area contributed by atoms with Crippen molar-refractivity contribution in [1.29, 1.82) is 0 Å². The van der Waals surface area contributed by atoms with Gasteiger partial charge in [0.15, 0.2) is 16.8 Å². The van der Waals surface area contributed by atoms with Gasteiger partial charge in [0.05, 0.1) is 40.9 Å². The van der Waals surface area contributed by atoms with Crippen molar-refractivity contribution in [2.75, 3.05) is 34.0 Å². The number of hydrogen-bond donors (Lipinski definition) is 1. The van der Waals surface area contributed by atoms with E-state index in [1.165, 1.54) is 24.2 Å². The number of ether oxygens (including phenoxy) is 3. The number of hydrogen-bond acceptors (Lipinski definition) is 9. The fraction of sp³-hybridized carbons (Fsp3) is 0.440. The van der Waals surface area contributed by atoms with Gasteiger partial charge in [-0.2, -0.15) is 0 Å². The van der Waals surface area contributed by atoms with E-state index in [0.717, 1.165) is 6.42 Å². The predicted octanol–water partition coefficient (Wildman–Crippen LogP) is 3.60. The van der Waals surface area contributed by atoms with Crippen LogP contribution in [0.25, 0.3) is 11.0 Å². The number of aliphatic imine (C=N–C) groups is 1. The van der Waals surface area contributed by atoms with Crippen molar-refractivity contribution < 1.29 is 23.0 Å². The Hall–Kier alpha value is -2.89. The van der Waals surface area contributed by atoms with Crippen molar-refractivity contribution in [2.45, 2.75) is 30.1 Å². The molecule has 0 saturated heterocycles. The normalized spacial score (nSPS) is 24.9. The molecule has 11 heteroatoms. The largest absolute Gasteiger partial charge is 0.489 e. The highest BCUT2D eigenvalue weighted by Crippen LogP contribution is 2.66. The first-order chi connectivity index (χ1) is 17.3. The summed E-state index contributed by atoms with van der Waals surface area (Å²) in [5.74, 6) is -1.31. The molecule has 8 nitrogen and oxygen atoms in total. The van der Waals surface area contributed by atoms with Gasteiger partial charge in [-0.15, -0.1) is 0 Å². The molecule has 2 N–H and O–H groups in total. The van der Waals surface area contributed by atoms with Crippen LogP contribution in [0.3, 0.4) is 0 Å². The van der Waals surface area contributed by atoms with Crippen molar-refractivity contribution in [3.05, 3.63) is 59.2 Å². The molecule has 1 aliphatic heterocycles. The number of fused-ring (bicyclic) bond motifs is 2. The molecule has 1 aliphatic carbocycles. The Morgan fingerprint density at radius 1 is 1.11 bits per heavy atom. The number of nitrogens with zero attached hydrogens (tertiary/aromatic N) is 4. The van der Waals surface area contributed by atoms with Crippen LogP contribution >= 0.6 is 11.8 Å². The molecule has 3 heterocycles. The molecule has 0 spiro atoms. The third-order valence-corrected chi connectivity index (χ3v) is 8.11. The minimum atomic E-state index is -1.00. The zero-order chi connectivity index (χ0) is 25.5. The monoisotopic (exact) mass is 515 g/mol. The van der Waals surface area contributed by atoms with Gasteiger partial charge in [0.1, 0.15) is 24.2 Å². The van der Waals surface area contributed by atoms with E-state index in [1.807, 2.05) is 6.92 Å². The summed E-state index contributed by atoms with van der Waals surface area (Å²) in [5.41, 5.74) is 7.62. The van der Waals surface area contributed by atoms with Crippen molar-refractivity contribution >= 4 is 28.0 Å². The van der Waals surface area contributed by atoms with E-state index in [0.29, 0.717) is 53.0 Å². The van der Waals surface area contributed by atoms with Gasteiger partial charge in [-0.1, -0.05) is 11.8 Å². The average molecular weight is 516 g/mol. The molecule has 0 radical (unpaired) electrons. The summed E-state index contributed by atoms with van der Waals surface area (Å²) < 4.78 is 45.9. The van der Waals surface area contributed by atoms with Crippen LogP contribution < -0.4 is 10.5 Å². The fourth-order valence-electron chi connectivity index (χ4n) is 5.07. The Balaban J connectivity index is 1.48. The average Bonchev–Trinajstić information content (AvgIpc) is 3.56. The molecular weight excluding hydrogens is 488 g/mol. The van der Waals surface area contributed by atoms with Gasteiger partial charge in [-0.05, 0) is 31.0 Å². The molecule has 1 saturated carbocycles. The Bertz CT molecular complexity index is 1340. The van der Waals surface area contributed by atoms with Crippen LogP contribution in [0.4, 0.5) is 8.78 Å². The number of halogens is 2. The second-order valence-corrected chi connectivity index (χ2v) is 10.7. The van der Waals surface area contributed by atoms with E-state index >= 15 is 4.39 Å². The summed E-state index contributed by atoms with van der Waals surface area (Å²) in [5, 5.41) is 0.350. The number of aromatic nitrogens is 3. The van der Waals surface area contributed by atoms with Crippen molar-refractivity contribution in [2.24, 2.45) is 16.6 Å². The van der Waals surface area contributed by atoms with Crippen molar-refractivity contribution in [1.82, 2.24) is 15.0 Å². The van der Waals surface area contributed by atoms with E-state index in [9.17, 15) is 4.39 Å². The smallest absolute Gasteiger partial charge is 0.164 e. The molecule has 3 aromatic rings. The maximum absolute atomic E-state index is 15.2. The third-order valence-electron chi connectivity index (χ3n) is 6.83. The summed E-state index contributed by atoms with van der Waals surface area (Å²) in [6.45, 7) is 3.12. The zero-order valence-electron chi connectivity index (χ0n) is 20.3. The number of methoxy groups -OCH3 is 2. The molecule has 2 aromatic heterocycles. The maximum atomic E-state index is 15.2. The Kier molecular flexibility index (Phi) is 6.56. The molecule has 0 amide bonds. The molecule has 0 unspecified atom stereocenters. The third kappa shape index (κ3) is 4.39. The lowest BCUT2D eigenvalue weighted by Gasteiger charge is -2.34. The summed E-state index contributed by atoms with van der Waals surface area (Å²) in [6, 6.07) is 4.62. The van der Waals surface area contributed by atoms with Crippen molar-refractivity contribution in [3.63, 3.8) is 0 Å². The van der Waals surface area contributed by atoms with Crippen LogP contribution in [-0.4, -0.2) is 58.9 Å². The Labute approximate surface area is 211 Å². The highest BCUT2D eigenvalue weighted by atomic mass is 32.2. The molecule has 3 atom stereocenters. The highest BCUT2D eigenvalue weighted by Gasteiger charge is 2.66. The molecular formula is C25H27F2N5O3S. The van der Waals surface area contributed by atoms with Gasteiger partial charge in [-0.25, -0.2) is 23.7 Å². The van der Waals surface area contributed by atoms with E-state index in [2.05, 4.69) is 19.9 Å². The van der Waals surface area contributed by atoms with Gasteiger partial charge in [0.25, 0.3) is 0 Å². The number of pyridine rings is 1. The summed E-state index contributed by atoms with van der Waals surface area (Å²) in [7, 11) is 3.22. The van der Waals surface area contributed by atoms with Crippen LogP contribution in [-0.2, 0) is 21.4 Å². The molecule has 1 aromatic carbocycles. The minimum absolute atomic E-state index is 0.0236. The number of rotatable bonds is 9. The quantitative estimate of drug-likeness (QED) is 0.431. The Morgan fingerprint density at radius 2 is 1.94 bits per heavy atom. The molecule has 1 fully saturated rings. The van der Waals surface area contributed by atoms with E-state index in [-0.39, 0.29) is 22.6 Å². The highest BCUT2D eigenvalue weighted by molar-refractivity contribution is 8.15. The summed E-state index contributed by atoms with van der Waals surface area (Å²) >= 11 is 1.45. The molecule has 2 aliphatic rings.